The van der Waals surface area contributed by atoms with E-state index in [1.807, 2.05) is 140 Å². The standard InChI is InChI=1S/C71H48N4.C65H40F2N4/c1-42-38-48(54-32-29-50(41-72)53-16-8-9-17-56(53)54)26-30-51(42)47-27-31-52(43(2)39-47)61-36-37-63-58-19-11-10-18-57(58)62-35-34-55(66(61)67(62)63)44-22-24-46(25-23-44)69-73-68(45-14-6-5-7-15-45)74-70(75-69)49-28-33-60-59-20-12-13-21-64(59)71(3,4)65(60)40-49;1-65(2)54-14-7-6-13-50(54)51-28-27-47(36-55(51)65)64-70-62(43-9-4-3-5-10-43)69-63(71-64)44-25-23-42(24-26-44)49-30-32-53-59-52(60-56(66)33-34-57(67)61(53)60)31-29-48(58(49)59)41-21-19-40(20-22-41)46-12-8-11-45(35-46)39-17-15-38(37-68)16-18-39/h5-40H,1-4H3;3-36H,1-2H3. The van der Waals surface area contributed by atoms with Gasteiger partial charge in [-0.15, -0.1) is 0 Å². The Morgan fingerprint density at radius 3 is 0.952 bits per heavy atom. The van der Waals surface area contributed by atoms with Gasteiger partial charge in [-0.3, -0.25) is 0 Å². The van der Waals surface area contributed by atoms with Gasteiger partial charge in [0.1, 0.15) is 11.6 Å². The van der Waals surface area contributed by atoms with Gasteiger partial charge in [-0.05, 0) is 267 Å². The minimum atomic E-state index is -0.453. The lowest BCUT2D eigenvalue weighted by Crippen LogP contribution is -2.15. The number of rotatable bonds is 14. The summed E-state index contributed by atoms with van der Waals surface area (Å²) in [6, 6.07) is 151. The van der Waals surface area contributed by atoms with Crippen LogP contribution >= 0.6 is 0 Å². The van der Waals surface area contributed by atoms with E-state index in [-0.39, 0.29) is 22.0 Å². The summed E-state index contributed by atoms with van der Waals surface area (Å²) >= 11 is 0. The summed E-state index contributed by atoms with van der Waals surface area (Å²) in [5.41, 5.74) is 43.4. The summed E-state index contributed by atoms with van der Waals surface area (Å²) in [7, 11) is 0. The predicted octanol–water partition coefficient (Wildman–Crippen LogP) is 35.1. The molecule has 27 rings (SSSR count). The highest BCUT2D eigenvalue weighted by Gasteiger charge is 2.39. The van der Waals surface area contributed by atoms with Crippen molar-refractivity contribution in [2.75, 3.05) is 0 Å². The predicted molar refractivity (Wildman–Crippen MR) is 591 cm³/mol. The molecule has 8 nitrogen and oxygen atoms in total. The molecule has 21 aromatic carbocycles. The van der Waals surface area contributed by atoms with Gasteiger partial charge >= 0.3 is 0 Å². The molecule has 23 aromatic rings. The summed E-state index contributed by atoms with van der Waals surface area (Å²) in [4.78, 5) is 30.8. The third-order valence-corrected chi connectivity index (χ3v) is 30.5. The van der Waals surface area contributed by atoms with E-state index >= 15 is 8.78 Å². The molecule has 0 bridgehead atoms. The fourth-order valence-corrected chi connectivity index (χ4v) is 23.2. The zero-order chi connectivity index (χ0) is 98.5. The molecule has 0 unspecified atom stereocenters. The maximum atomic E-state index is 15.8. The minimum absolute atomic E-state index is 0.151. The molecule has 0 saturated heterocycles. The molecular weight excluding hydrogens is 1780 g/mol. The van der Waals surface area contributed by atoms with Gasteiger partial charge in [-0.1, -0.05) is 404 Å². The van der Waals surface area contributed by atoms with Crippen molar-refractivity contribution in [3.05, 3.63) is 481 Å². The molecule has 0 saturated carbocycles. The number of fused-ring (bicyclic) bond motifs is 13. The van der Waals surface area contributed by atoms with Crippen LogP contribution in [0.15, 0.2) is 425 Å². The van der Waals surface area contributed by atoms with Gasteiger partial charge in [-0.25, -0.2) is 38.7 Å². The maximum absolute atomic E-state index is 15.8. The first-order valence-electron chi connectivity index (χ1n) is 49.4. The molecule has 0 fully saturated rings. The Morgan fingerprint density at radius 2 is 0.500 bits per heavy atom. The smallest absolute Gasteiger partial charge is 0.164 e. The van der Waals surface area contributed by atoms with Crippen molar-refractivity contribution in [2.24, 2.45) is 0 Å². The molecule has 0 N–H and O–H groups in total. The molecule has 0 spiro atoms. The zero-order valence-electron chi connectivity index (χ0n) is 80.7. The highest BCUT2D eigenvalue weighted by molar-refractivity contribution is 6.25. The van der Waals surface area contributed by atoms with Crippen molar-refractivity contribution in [1.29, 1.82) is 10.5 Å². The molecule has 146 heavy (non-hydrogen) atoms. The first-order chi connectivity index (χ1) is 71.4. The van der Waals surface area contributed by atoms with Crippen LogP contribution in [0.25, 0.3) is 256 Å². The van der Waals surface area contributed by atoms with Crippen molar-refractivity contribution >= 4 is 32.3 Å². The molecular formula is C136H88F2N8. The first-order valence-corrected chi connectivity index (χ1v) is 49.4. The van der Waals surface area contributed by atoms with Crippen molar-refractivity contribution in [3.63, 3.8) is 0 Å². The van der Waals surface area contributed by atoms with Crippen molar-refractivity contribution < 1.29 is 8.78 Å². The van der Waals surface area contributed by atoms with Gasteiger partial charge in [0.2, 0.25) is 0 Å². The molecule has 0 amide bonds. The number of hydrogen-bond donors (Lipinski definition) is 0. The normalized spacial score (nSPS) is 12.6. The third-order valence-electron chi connectivity index (χ3n) is 30.5. The van der Waals surface area contributed by atoms with Crippen LogP contribution in [-0.4, -0.2) is 29.9 Å². The van der Waals surface area contributed by atoms with Gasteiger partial charge in [0.25, 0.3) is 0 Å². The lowest BCUT2D eigenvalue weighted by molar-refractivity contribution is 0.607. The van der Waals surface area contributed by atoms with Crippen LogP contribution in [0.2, 0.25) is 0 Å². The van der Waals surface area contributed by atoms with E-state index in [4.69, 9.17) is 29.9 Å². The van der Waals surface area contributed by atoms with Crippen LogP contribution in [0.1, 0.15) is 72.2 Å². The molecule has 686 valence electrons. The Labute approximate surface area is 845 Å². The van der Waals surface area contributed by atoms with Gasteiger partial charge in [-0.2, -0.15) is 10.5 Å². The zero-order valence-corrected chi connectivity index (χ0v) is 80.7. The highest BCUT2D eigenvalue weighted by atomic mass is 19.1. The monoisotopic (exact) mass is 1870 g/mol. The second kappa shape index (κ2) is 34.6. The second-order valence-electron chi connectivity index (χ2n) is 39.6. The summed E-state index contributed by atoms with van der Waals surface area (Å²) < 4.78 is 31.6. The lowest BCUT2D eigenvalue weighted by Gasteiger charge is -2.21. The summed E-state index contributed by atoms with van der Waals surface area (Å²) in [5.74, 6) is 2.75. The van der Waals surface area contributed by atoms with Crippen molar-refractivity contribution in [3.8, 4) is 236 Å². The van der Waals surface area contributed by atoms with Gasteiger partial charge in [0.05, 0.1) is 23.3 Å². The average molecular weight is 1870 g/mol. The number of nitriles is 2. The van der Waals surface area contributed by atoms with Crippen LogP contribution < -0.4 is 0 Å². The maximum Gasteiger partial charge on any atom is 0.164 e. The number of hydrogen-bond acceptors (Lipinski definition) is 8. The number of aromatic nitrogens is 6. The van der Waals surface area contributed by atoms with E-state index < -0.39 is 11.6 Å². The second-order valence-corrected chi connectivity index (χ2v) is 39.6. The molecule has 2 aromatic heterocycles. The van der Waals surface area contributed by atoms with Gasteiger partial charge in [0, 0.05) is 60.7 Å². The number of nitrogens with zero attached hydrogens (tertiary/aromatic N) is 8. The summed E-state index contributed by atoms with van der Waals surface area (Å²) in [5, 5.41) is 25.4. The number of benzene rings is 21. The van der Waals surface area contributed by atoms with E-state index in [2.05, 4.69) is 327 Å². The largest absolute Gasteiger partial charge is 0.208 e. The molecule has 0 radical (unpaired) electrons. The minimum Gasteiger partial charge on any atom is -0.208 e. The highest BCUT2D eigenvalue weighted by Crippen LogP contribution is 2.58. The Hall–Kier alpha value is -18.7. The molecule has 4 aliphatic rings. The van der Waals surface area contributed by atoms with Crippen LogP contribution in [-0.2, 0) is 10.8 Å². The molecule has 0 atom stereocenters. The van der Waals surface area contributed by atoms with Crippen molar-refractivity contribution in [1.82, 2.24) is 29.9 Å². The Morgan fingerprint density at radius 1 is 0.199 bits per heavy atom. The van der Waals surface area contributed by atoms with E-state index in [1.54, 1.807) is 0 Å². The van der Waals surface area contributed by atoms with E-state index in [0.717, 1.165) is 116 Å². The molecule has 2 heterocycles. The van der Waals surface area contributed by atoms with Gasteiger partial charge < -0.3 is 0 Å². The van der Waals surface area contributed by atoms with E-state index in [0.29, 0.717) is 57.2 Å². The summed E-state index contributed by atoms with van der Waals surface area (Å²) in [6.45, 7) is 13.6. The van der Waals surface area contributed by atoms with Gasteiger partial charge in [0.15, 0.2) is 34.9 Å². The van der Waals surface area contributed by atoms with Crippen LogP contribution in [0.3, 0.4) is 0 Å². The van der Waals surface area contributed by atoms with Crippen LogP contribution in [0.4, 0.5) is 8.78 Å². The fourth-order valence-electron chi connectivity index (χ4n) is 23.2. The van der Waals surface area contributed by atoms with Crippen molar-refractivity contribution in [2.45, 2.75) is 52.4 Å². The van der Waals surface area contributed by atoms with E-state index in [1.165, 1.54) is 129 Å². The Bertz CT molecular complexity index is 9460. The quantitative estimate of drug-likeness (QED) is 0.105. The van der Waals surface area contributed by atoms with E-state index in [9.17, 15) is 10.5 Å². The molecule has 10 heteroatoms. The molecule has 0 aliphatic heterocycles. The first kappa shape index (κ1) is 87.5. The molecule has 4 aliphatic carbocycles. The Balaban J connectivity index is 0.000000149. The topological polar surface area (TPSA) is 125 Å². The SMILES string of the molecule is CC1(C)c2ccccc2-c2ccc(-c3nc(-c4ccccc4)nc(-c4ccc(-c5ccc6c7c(ccc(-c8ccc(-c9cccc(-c%10ccc(C#N)cc%10)c9)cc8)c57)-c5c(F)ccc(F)c5-6)cc4)n3)cc21.Cc1cc(-c2ccc(C#N)c3ccccc23)ccc1-c1ccc(-c2ccc3c4c(ccc(-c5ccc(-c6nc(-c7ccccc7)nc(-c7ccc8c(c7)C(C)(C)c7ccccc7-8)n6)cc5)c24)-c2ccccc2-3)c(C)c1. The number of halogens is 2. The number of aryl methyl sites for hydroxylation is 2. The van der Waals surface area contributed by atoms with Crippen LogP contribution in [0, 0.1) is 48.1 Å². The third kappa shape index (κ3) is 14.5. The summed E-state index contributed by atoms with van der Waals surface area (Å²) in [6.07, 6.45) is 0. The average Bonchev–Trinajstić information content (AvgIpc) is 1.55. The Kier molecular flexibility index (Phi) is 20.7. The lowest BCUT2D eigenvalue weighted by atomic mass is 9.82. The fraction of sp³-hybridized carbons (Fsp3) is 0.0588. The van der Waals surface area contributed by atoms with Crippen LogP contribution in [0.5, 0.6) is 0 Å².